The van der Waals surface area contributed by atoms with Gasteiger partial charge >= 0.3 is 0 Å². The summed E-state index contributed by atoms with van der Waals surface area (Å²) < 4.78 is 2.17. The first-order chi connectivity index (χ1) is 7.86. The second kappa shape index (κ2) is 5.30. The molecule has 1 fully saturated rings. The number of rotatable bonds is 4. The number of hydrogen-bond acceptors (Lipinski definition) is 4. The molecule has 1 saturated heterocycles. The van der Waals surface area contributed by atoms with Crippen LogP contribution in [0.15, 0.2) is 0 Å². The summed E-state index contributed by atoms with van der Waals surface area (Å²) in [6.45, 7) is 7.11. The largest absolute Gasteiger partial charge is 0.355 e. The van der Waals surface area contributed by atoms with E-state index in [1.165, 1.54) is 19.3 Å². The summed E-state index contributed by atoms with van der Waals surface area (Å²) in [6, 6.07) is 0.383. The number of hydrogen-bond donors (Lipinski definition) is 2. The Kier molecular flexibility index (Phi) is 3.77. The molecule has 5 heteroatoms. The smallest absolute Gasteiger partial charge is 0.224 e. The minimum Gasteiger partial charge on any atom is -0.355 e. The Hall–Kier alpha value is -1.10. The number of nitrogens with zero attached hydrogens (tertiary/aromatic N) is 3. The minimum absolute atomic E-state index is 0.383. The first kappa shape index (κ1) is 11.4. The third kappa shape index (κ3) is 2.19. The van der Waals surface area contributed by atoms with E-state index in [1.54, 1.807) is 0 Å². The lowest BCUT2D eigenvalue weighted by Gasteiger charge is -2.23. The zero-order valence-corrected chi connectivity index (χ0v) is 10.2. The molecule has 0 spiro atoms. The van der Waals surface area contributed by atoms with Gasteiger partial charge in [0.2, 0.25) is 5.95 Å². The number of nitrogens with one attached hydrogen (secondary N) is 2. The molecule has 0 bridgehead atoms. The van der Waals surface area contributed by atoms with Gasteiger partial charge in [-0.1, -0.05) is 6.42 Å². The van der Waals surface area contributed by atoms with E-state index in [1.807, 2.05) is 0 Å². The lowest BCUT2D eigenvalue weighted by Crippen LogP contribution is -2.29. The van der Waals surface area contributed by atoms with Crippen LogP contribution < -0.4 is 10.6 Å². The van der Waals surface area contributed by atoms with Crippen molar-refractivity contribution in [3.63, 3.8) is 0 Å². The van der Waals surface area contributed by atoms with E-state index in [2.05, 4.69) is 39.2 Å². The van der Waals surface area contributed by atoms with Crippen molar-refractivity contribution in [1.82, 2.24) is 20.1 Å². The van der Waals surface area contributed by atoms with Gasteiger partial charge in [-0.25, -0.2) is 0 Å². The van der Waals surface area contributed by atoms with Crippen molar-refractivity contribution in [2.24, 2.45) is 0 Å². The van der Waals surface area contributed by atoms with Crippen LogP contribution in [0.2, 0.25) is 0 Å². The molecule has 1 atom stereocenters. The summed E-state index contributed by atoms with van der Waals surface area (Å²) in [5.41, 5.74) is 0. The van der Waals surface area contributed by atoms with Crippen LogP contribution in [0.25, 0.3) is 0 Å². The van der Waals surface area contributed by atoms with E-state index in [0.717, 1.165) is 31.4 Å². The van der Waals surface area contributed by atoms with Crippen LogP contribution in [0.5, 0.6) is 0 Å². The van der Waals surface area contributed by atoms with Crippen LogP contribution in [0, 0.1) is 0 Å². The Balaban J connectivity index is 2.18. The van der Waals surface area contributed by atoms with Crippen LogP contribution in [-0.2, 0) is 6.54 Å². The molecule has 0 unspecified atom stereocenters. The number of aromatic nitrogens is 3. The van der Waals surface area contributed by atoms with Gasteiger partial charge in [-0.2, -0.15) is 0 Å². The maximum atomic E-state index is 4.32. The third-order valence-electron chi connectivity index (χ3n) is 3.05. The van der Waals surface area contributed by atoms with E-state index in [9.17, 15) is 0 Å². The molecule has 0 radical (unpaired) electrons. The average Bonchev–Trinajstić information content (AvgIpc) is 2.73. The highest BCUT2D eigenvalue weighted by Gasteiger charge is 2.21. The number of piperidine rings is 1. The second-order valence-electron chi connectivity index (χ2n) is 4.16. The van der Waals surface area contributed by atoms with Gasteiger partial charge in [0.1, 0.15) is 0 Å². The normalized spacial score (nSPS) is 21.0. The van der Waals surface area contributed by atoms with Crippen molar-refractivity contribution in [3.8, 4) is 0 Å². The Morgan fingerprint density at radius 3 is 2.88 bits per heavy atom. The maximum absolute atomic E-state index is 4.32. The van der Waals surface area contributed by atoms with Crippen molar-refractivity contribution in [2.75, 3.05) is 18.4 Å². The summed E-state index contributed by atoms with van der Waals surface area (Å²) in [4.78, 5) is 0. The third-order valence-corrected chi connectivity index (χ3v) is 3.05. The predicted molar refractivity (Wildman–Crippen MR) is 64.5 cm³/mol. The molecular weight excluding hydrogens is 202 g/mol. The molecule has 90 valence electrons. The molecule has 5 nitrogen and oxygen atoms in total. The van der Waals surface area contributed by atoms with Crippen molar-refractivity contribution >= 4 is 5.95 Å². The standard InChI is InChI=1S/C11H21N5/c1-3-12-11-15-14-10(16(11)4-2)9-7-5-6-8-13-9/h9,13H,3-8H2,1-2H3,(H,12,15)/t9-/m0/s1. The van der Waals surface area contributed by atoms with Crippen LogP contribution >= 0.6 is 0 Å². The summed E-state index contributed by atoms with van der Waals surface area (Å²) in [7, 11) is 0. The van der Waals surface area contributed by atoms with Gasteiger partial charge in [0.15, 0.2) is 5.82 Å². The van der Waals surface area contributed by atoms with E-state index < -0.39 is 0 Å². The summed E-state index contributed by atoms with van der Waals surface area (Å²) in [6.07, 6.45) is 3.73. The molecule has 1 aliphatic heterocycles. The van der Waals surface area contributed by atoms with E-state index in [0.29, 0.717) is 6.04 Å². The Morgan fingerprint density at radius 1 is 1.38 bits per heavy atom. The monoisotopic (exact) mass is 223 g/mol. The Labute approximate surface area is 96.6 Å². The van der Waals surface area contributed by atoms with Crippen molar-refractivity contribution in [3.05, 3.63) is 5.82 Å². The van der Waals surface area contributed by atoms with Gasteiger partial charge in [-0.05, 0) is 33.2 Å². The fraction of sp³-hybridized carbons (Fsp3) is 0.818. The van der Waals surface area contributed by atoms with Gasteiger partial charge in [-0.15, -0.1) is 10.2 Å². The molecule has 1 aromatic heterocycles. The first-order valence-corrected chi connectivity index (χ1v) is 6.27. The van der Waals surface area contributed by atoms with Gasteiger partial charge in [0, 0.05) is 13.1 Å². The van der Waals surface area contributed by atoms with E-state index in [4.69, 9.17) is 0 Å². The quantitative estimate of drug-likeness (QED) is 0.813. The van der Waals surface area contributed by atoms with Crippen LogP contribution in [0.1, 0.15) is 45.0 Å². The zero-order valence-electron chi connectivity index (χ0n) is 10.2. The fourth-order valence-corrected chi connectivity index (χ4v) is 2.25. The molecule has 0 aliphatic carbocycles. The first-order valence-electron chi connectivity index (χ1n) is 6.27. The molecule has 0 saturated carbocycles. The van der Waals surface area contributed by atoms with E-state index >= 15 is 0 Å². The molecule has 0 aromatic carbocycles. The fourth-order valence-electron chi connectivity index (χ4n) is 2.25. The highest BCUT2D eigenvalue weighted by atomic mass is 15.4. The molecule has 2 N–H and O–H groups in total. The topological polar surface area (TPSA) is 54.8 Å². The lowest BCUT2D eigenvalue weighted by molar-refractivity contribution is 0.386. The highest BCUT2D eigenvalue weighted by Crippen LogP contribution is 2.23. The van der Waals surface area contributed by atoms with Gasteiger partial charge < -0.3 is 10.6 Å². The maximum Gasteiger partial charge on any atom is 0.224 e. The second-order valence-corrected chi connectivity index (χ2v) is 4.16. The molecular formula is C11H21N5. The number of anilines is 1. The average molecular weight is 223 g/mol. The Bertz CT molecular complexity index is 327. The molecule has 1 aromatic rings. The SMILES string of the molecule is CCNc1nnc([C@@H]2CCCCN2)n1CC. The van der Waals surface area contributed by atoms with Crippen LogP contribution in [0.3, 0.4) is 0 Å². The van der Waals surface area contributed by atoms with Crippen molar-refractivity contribution in [1.29, 1.82) is 0 Å². The highest BCUT2D eigenvalue weighted by molar-refractivity contribution is 5.26. The lowest BCUT2D eigenvalue weighted by atomic mass is 10.0. The summed E-state index contributed by atoms with van der Waals surface area (Å²) in [5, 5.41) is 15.3. The zero-order chi connectivity index (χ0) is 11.4. The van der Waals surface area contributed by atoms with Crippen LogP contribution in [0.4, 0.5) is 5.95 Å². The molecule has 16 heavy (non-hydrogen) atoms. The van der Waals surface area contributed by atoms with Gasteiger partial charge in [0.05, 0.1) is 6.04 Å². The Morgan fingerprint density at radius 2 is 2.25 bits per heavy atom. The van der Waals surface area contributed by atoms with Gasteiger partial charge in [0.25, 0.3) is 0 Å². The molecule has 1 aliphatic rings. The predicted octanol–water partition coefficient (Wildman–Crippen LogP) is 1.54. The van der Waals surface area contributed by atoms with Crippen molar-refractivity contribution < 1.29 is 0 Å². The summed E-state index contributed by atoms with van der Waals surface area (Å²) >= 11 is 0. The van der Waals surface area contributed by atoms with E-state index in [-0.39, 0.29) is 0 Å². The van der Waals surface area contributed by atoms with Gasteiger partial charge in [-0.3, -0.25) is 4.57 Å². The minimum atomic E-state index is 0.383. The molecule has 2 heterocycles. The van der Waals surface area contributed by atoms with Crippen LogP contribution in [-0.4, -0.2) is 27.9 Å². The molecule has 2 rings (SSSR count). The van der Waals surface area contributed by atoms with Crippen molar-refractivity contribution in [2.45, 2.75) is 45.7 Å². The summed E-state index contributed by atoms with van der Waals surface area (Å²) in [5.74, 6) is 1.98. The molecule has 0 amide bonds.